The summed E-state index contributed by atoms with van der Waals surface area (Å²) in [6, 6.07) is 0. The summed E-state index contributed by atoms with van der Waals surface area (Å²) >= 11 is 0. The van der Waals surface area contributed by atoms with E-state index < -0.39 is 7.82 Å². The number of phosphoric ester groups is 1. The number of rotatable bonds is 3. The van der Waals surface area contributed by atoms with Gasteiger partial charge in [0, 0.05) is 5.92 Å². The summed E-state index contributed by atoms with van der Waals surface area (Å²) in [5.41, 5.74) is 1.63. The van der Waals surface area contributed by atoms with E-state index in [1.165, 1.54) is 18.4 Å². The summed E-state index contributed by atoms with van der Waals surface area (Å²) in [6.07, 6.45) is 9.83. The van der Waals surface area contributed by atoms with Gasteiger partial charge < -0.3 is 9.79 Å². The number of fused-ring (bicyclic) bond motifs is 5. The van der Waals surface area contributed by atoms with Crippen molar-refractivity contribution in [1.29, 1.82) is 0 Å². The molecule has 4 rings (SSSR count). The van der Waals surface area contributed by atoms with Crippen LogP contribution in [0.25, 0.3) is 0 Å². The van der Waals surface area contributed by atoms with Crippen molar-refractivity contribution in [3.8, 4) is 0 Å². The Balaban J connectivity index is 1.57. The molecule has 4 aliphatic carbocycles. The van der Waals surface area contributed by atoms with Gasteiger partial charge in [0.1, 0.15) is 5.78 Å². The molecule has 3 saturated carbocycles. The van der Waals surface area contributed by atoms with Gasteiger partial charge >= 0.3 is 7.82 Å². The molecule has 0 spiro atoms. The molecule has 0 bridgehead atoms. The fraction of sp³-hybridized carbons (Fsp3) is 0.857. The largest absolute Gasteiger partial charge is 0.469 e. The topological polar surface area (TPSA) is 83.8 Å². The molecule has 0 aromatic carbocycles. The van der Waals surface area contributed by atoms with E-state index in [1.54, 1.807) is 6.92 Å². The third-order valence-electron chi connectivity index (χ3n) is 8.84. The summed E-state index contributed by atoms with van der Waals surface area (Å²) < 4.78 is 16.3. The van der Waals surface area contributed by atoms with Gasteiger partial charge in [-0.05, 0) is 86.9 Å². The van der Waals surface area contributed by atoms with Crippen molar-refractivity contribution in [2.75, 3.05) is 0 Å². The Labute approximate surface area is 162 Å². The molecule has 4 aliphatic rings. The van der Waals surface area contributed by atoms with Gasteiger partial charge in [-0.25, -0.2) is 4.57 Å². The third-order valence-corrected chi connectivity index (χ3v) is 9.41. The third kappa shape index (κ3) is 3.19. The fourth-order valence-electron chi connectivity index (χ4n) is 7.58. The van der Waals surface area contributed by atoms with E-state index in [-0.39, 0.29) is 22.9 Å². The summed E-state index contributed by atoms with van der Waals surface area (Å²) in [5, 5.41) is 0. The number of ketones is 1. The Morgan fingerprint density at radius 2 is 1.89 bits per heavy atom. The average molecular weight is 396 g/mol. The first-order valence-electron chi connectivity index (χ1n) is 10.5. The maximum absolute atomic E-state index is 12.2. The van der Waals surface area contributed by atoms with Gasteiger partial charge in [0.15, 0.2) is 0 Å². The van der Waals surface area contributed by atoms with Gasteiger partial charge in [-0.3, -0.25) is 9.32 Å². The zero-order chi connectivity index (χ0) is 19.6. The Kier molecular flexibility index (Phi) is 4.78. The lowest BCUT2D eigenvalue weighted by molar-refractivity contribution is -0.127. The number of hydrogen-bond acceptors (Lipinski definition) is 3. The predicted octanol–water partition coefficient (Wildman–Crippen LogP) is 4.63. The lowest BCUT2D eigenvalue weighted by Gasteiger charge is -2.58. The summed E-state index contributed by atoms with van der Waals surface area (Å²) in [7, 11) is -4.43. The highest BCUT2D eigenvalue weighted by molar-refractivity contribution is 7.46. The second-order valence-corrected chi connectivity index (χ2v) is 11.2. The standard InChI is InChI=1S/C21H33O5P/c1-13(22)17-6-7-18-16-5-4-14-12-15(26-27(23,24)25)8-10-20(14,2)19(16)9-11-21(17,18)3/h4,15-19H,5-12H2,1-3H3,(H2,23,24,25)/t15-,16-,17+,18-,19-,20-,21+/m0/s1. The molecule has 7 atom stereocenters. The molecule has 0 aromatic rings. The minimum absolute atomic E-state index is 0.118. The first kappa shape index (κ1) is 19.8. The van der Waals surface area contributed by atoms with Crippen LogP contribution >= 0.6 is 7.82 Å². The Hall–Kier alpha value is -0.480. The highest BCUT2D eigenvalue weighted by atomic mass is 31.2. The van der Waals surface area contributed by atoms with Gasteiger partial charge in [0.25, 0.3) is 0 Å². The molecule has 152 valence electrons. The fourth-order valence-corrected chi connectivity index (χ4v) is 8.15. The van der Waals surface area contributed by atoms with Gasteiger partial charge in [-0.15, -0.1) is 0 Å². The molecule has 0 aliphatic heterocycles. The van der Waals surface area contributed by atoms with Crippen LogP contribution in [0.15, 0.2) is 11.6 Å². The molecule has 0 amide bonds. The molecule has 27 heavy (non-hydrogen) atoms. The van der Waals surface area contributed by atoms with Crippen molar-refractivity contribution in [3.63, 3.8) is 0 Å². The molecular formula is C21H33O5P. The highest BCUT2D eigenvalue weighted by Crippen LogP contribution is 2.66. The Morgan fingerprint density at radius 1 is 1.15 bits per heavy atom. The number of Topliss-reactive ketones (excluding diaryl/α,β-unsaturated/α-hetero) is 1. The van der Waals surface area contributed by atoms with Gasteiger partial charge in [0.05, 0.1) is 6.10 Å². The number of phosphoric acid groups is 1. The Bertz CT molecular complexity index is 711. The van der Waals surface area contributed by atoms with Crippen LogP contribution in [-0.2, 0) is 13.9 Å². The maximum atomic E-state index is 12.2. The zero-order valence-electron chi connectivity index (χ0n) is 16.7. The lowest BCUT2D eigenvalue weighted by atomic mass is 9.47. The van der Waals surface area contributed by atoms with E-state index in [2.05, 4.69) is 19.9 Å². The number of carbonyl (C=O) groups excluding carboxylic acids is 1. The molecule has 0 heterocycles. The van der Waals surface area contributed by atoms with Crippen LogP contribution in [0.4, 0.5) is 0 Å². The second kappa shape index (κ2) is 6.52. The number of hydrogen-bond donors (Lipinski definition) is 2. The molecule has 0 unspecified atom stereocenters. The summed E-state index contributed by atoms with van der Waals surface area (Å²) in [5.74, 6) is 2.49. The van der Waals surface area contributed by atoms with Crippen molar-refractivity contribution in [3.05, 3.63) is 11.6 Å². The highest BCUT2D eigenvalue weighted by Gasteiger charge is 2.59. The van der Waals surface area contributed by atoms with Crippen LogP contribution in [0.2, 0.25) is 0 Å². The Morgan fingerprint density at radius 3 is 2.56 bits per heavy atom. The van der Waals surface area contributed by atoms with E-state index in [0.29, 0.717) is 36.4 Å². The van der Waals surface area contributed by atoms with Crippen molar-refractivity contribution in [2.24, 2.45) is 34.5 Å². The quantitative estimate of drug-likeness (QED) is 0.537. The predicted molar refractivity (Wildman–Crippen MR) is 103 cm³/mol. The van der Waals surface area contributed by atoms with Crippen LogP contribution in [0.5, 0.6) is 0 Å². The van der Waals surface area contributed by atoms with E-state index in [0.717, 1.165) is 25.7 Å². The lowest BCUT2D eigenvalue weighted by Crippen LogP contribution is -2.51. The molecular weight excluding hydrogens is 363 g/mol. The normalized spacial score (nSPS) is 46.9. The van der Waals surface area contributed by atoms with E-state index in [4.69, 9.17) is 14.3 Å². The van der Waals surface area contributed by atoms with E-state index in [9.17, 15) is 9.36 Å². The van der Waals surface area contributed by atoms with Gasteiger partial charge in [0.2, 0.25) is 0 Å². The van der Waals surface area contributed by atoms with E-state index >= 15 is 0 Å². The molecule has 5 nitrogen and oxygen atoms in total. The van der Waals surface area contributed by atoms with Crippen molar-refractivity contribution >= 4 is 13.6 Å². The molecule has 0 radical (unpaired) electrons. The van der Waals surface area contributed by atoms with Gasteiger partial charge in [-0.2, -0.15) is 0 Å². The summed E-state index contributed by atoms with van der Waals surface area (Å²) in [4.78, 5) is 30.5. The SMILES string of the molecule is CC(=O)[C@H]1CC[C@H]2[C@@H]3CC=C4C[C@@H](OP(=O)(O)O)CC[C@]4(C)[C@H]3CC[C@]12C. The van der Waals surface area contributed by atoms with Crippen LogP contribution < -0.4 is 0 Å². The second-order valence-electron chi connectivity index (χ2n) is 10.0. The first-order chi connectivity index (χ1) is 12.5. The van der Waals surface area contributed by atoms with Crippen LogP contribution in [-0.4, -0.2) is 21.7 Å². The first-order valence-corrected chi connectivity index (χ1v) is 12.0. The molecule has 0 aromatic heterocycles. The molecule has 6 heteroatoms. The van der Waals surface area contributed by atoms with Gasteiger partial charge in [-0.1, -0.05) is 25.5 Å². The van der Waals surface area contributed by atoms with E-state index in [1.807, 2.05) is 0 Å². The molecule has 3 fully saturated rings. The van der Waals surface area contributed by atoms with Crippen molar-refractivity contribution in [2.45, 2.75) is 78.2 Å². The number of allylic oxidation sites excluding steroid dienone is 1. The van der Waals surface area contributed by atoms with Crippen LogP contribution in [0.3, 0.4) is 0 Å². The smallest absolute Gasteiger partial charge is 0.303 e. The molecule has 0 saturated heterocycles. The zero-order valence-corrected chi connectivity index (χ0v) is 17.6. The minimum Gasteiger partial charge on any atom is -0.303 e. The van der Waals surface area contributed by atoms with Crippen LogP contribution in [0, 0.1) is 34.5 Å². The van der Waals surface area contributed by atoms with Crippen molar-refractivity contribution in [1.82, 2.24) is 0 Å². The van der Waals surface area contributed by atoms with Crippen molar-refractivity contribution < 1.29 is 23.7 Å². The van der Waals surface area contributed by atoms with Crippen LogP contribution in [0.1, 0.15) is 72.1 Å². The summed E-state index contributed by atoms with van der Waals surface area (Å²) in [6.45, 7) is 6.50. The maximum Gasteiger partial charge on any atom is 0.469 e. The number of carbonyl (C=O) groups is 1. The minimum atomic E-state index is -4.43. The monoisotopic (exact) mass is 396 g/mol. The average Bonchev–Trinajstić information content (AvgIpc) is 2.91. The molecule has 2 N–H and O–H groups in total.